The van der Waals surface area contributed by atoms with Gasteiger partial charge in [-0.1, -0.05) is 23.8 Å². The molecule has 1 fully saturated rings. The Balaban J connectivity index is 2.02. The molecule has 0 amide bonds. The zero-order valence-electron chi connectivity index (χ0n) is 11.4. The average molecular weight is 259 g/mol. The highest BCUT2D eigenvalue weighted by molar-refractivity contribution is 5.69. The van der Waals surface area contributed by atoms with Crippen molar-refractivity contribution >= 4 is 5.97 Å². The number of rotatable bonds is 2. The van der Waals surface area contributed by atoms with Gasteiger partial charge in [0.15, 0.2) is 0 Å². The van der Waals surface area contributed by atoms with E-state index in [9.17, 15) is 4.79 Å². The number of fused-ring (bicyclic) bond motifs is 2. The molecule has 3 rings (SSSR count). The van der Waals surface area contributed by atoms with Crippen LogP contribution in [0.25, 0.3) is 0 Å². The van der Waals surface area contributed by atoms with E-state index in [-0.39, 0.29) is 17.8 Å². The van der Waals surface area contributed by atoms with Gasteiger partial charge in [0.25, 0.3) is 0 Å². The van der Waals surface area contributed by atoms with Gasteiger partial charge in [0.2, 0.25) is 0 Å². The molecule has 1 unspecified atom stereocenters. The van der Waals surface area contributed by atoms with Crippen molar-refractivity contribution < 1.29 is 9.90 Å². The highest BCUT2D eigenvalue weighted by Gasteiger charge is 2.44. The Bertz CT molecular complexity index is 503. The molecule has 0 aromatic heterocycles. The minimum Gasteiger partial charge on any atom is -0.481 e. The summed E-state index contributed by atoms with van der Waals surface area (Å²) >= 11 is 0. The van der Waals surface area contributed by atoms with Crippen molar-refractivity contribution in [3.05, 3.63) is 34.9 Å². The highest BCUT2D eigenvalue weighted by atomic mass is 16.4. The zero-order valence-corrected chi connectivity index (χ0v) is 11.4. The molecule has 0 radical (unpaired) electrons. The Labute approximate surface area is 114 Å². The smallest absolute Gasteiger partial charge is 0.303 e. The quantitative estimate of drug-likeness (QED) is 0.858. The van der Waals surface area contributed by atoms with Crippen molar-refractivity contribution in [1.82, 2.24) is 5.32 Å². The second-order valence-electron chi connectivity index (χ2n) is 6.12. The van der Waals surface area contributed by atoms with E-state index in [1.54, 1.807) is 0 Å². The molecule has 0 bridgehead atoms. The standard InChI is InChI=1S/C16H21NO2/c1-11-2-3-13-12(9-15(18)19)10-16(14(13)8-11)4-6-17-7-5-16/h2-3,8,12,17H,4-7,9-10H2,1H3,(H,18,19). The third kappa shape index (κ3) is 2.16. The molecule has 1 spiro atoms. The summed E-state index contributed by atoms with van der Waals surface area (Å²) in [4.78, 5) is 11.1. The largest absolute Gasteiger partial charge is 0.481 e. The van der Waals surface area contributed by atoms with E-state index in [1.165, 1.54) is 16.7 Å². The Morgan fingerprint density at radius 3 is 2.84 bits per heavy atom. The van der Waals surface area contributed by atoms with E-state index in [0.29, 0.717) is 0 Å². The average Bonchev–Trinajstić information content (AvgIpc) is 2.64. The number of aryl methyl sites for hydroxylation is 1. The molecule has 1 heterocycles. The minimum atomic E-state index is -0.678. The summed E-state index contributed by atoms with van der Waals surface area (Å²) in [6.45, 7) is 4.22. The molecule has 1 saturated heterocycles. The third-order valence-corrected chi connectivity index (χ3v) is 4.84. The molecule has 2 N–H and O–H groups in total. The predicted octanol–water partition coefficient (Wildman–Crippen LogP) is 2.58. The molecule has 1 atom stereocenters. The van der Waals surface area contributed by atoms with Gasteiger partial charge < -0.3 is 10.4 Å². The second-order valence-corrected chi connectivity index (χ2v) is 6.12. The molecule has 102 valence electrons. The number of carbonyl (C=O) groups is 1. The van der Waals surface area contributed by atoms with Crippen molar-refractivity contribution in [2.24, 2.45) is 0 Å². The number of aliphatic carboxylic acids is 1. The van der Waals surface area contributed by atoms with Gasteiger partial charge in [-0.05, 0) is 61.7 Å². The summed E-state index contributed by atoms with van der Waals surface area (Å²) in [5, 5.41) is 12.5. The summed E-state index contributed by atoms with van der Waals surface area (Å²) in [5.41, 5.74) is 4.23. The van der Waals surface area contributed by atoms with Gasteiger partial charge in [-0.15, -0.1) is 0 Å². The van der Waals surface area contributed by atoms with Crippen LogP contribution in [0.2, 0.25) is 0 Å². The number of hydrogen-bond donors (Lipinski definition) is 2. The Kier molecular flexibility index (Phi) is 3.09. The normalized spacial score (nSPS) is 24.4. The molecular weight excluding hydrogens is 238 g/mol. The summed E-state index contributed by atoms with van der Waals surface area (Å²) in [7, 11) is 0. The number of carboxylic acid groups (broad SMARTS) is 1. The van der Waals surface area contributed by atoms with Gasteiger partial charge in [0, 0.05) is 0 Å². The van der Waals surface area contributed by atoms with Crippen LogP contribution in [0, 0.1) is 6.92 Å². The maximum atomic E-state index is 11.1. The Morgan fingerprint density at radius 2 is 2.16 bits per heavy atom. The summed E-state index contributed by atoms with van der Waals surface area (Å²) in [5.74, 6) is -0.478. The first kappa shape index (κ1) is 12.7. The molecular formula is C16H21NO2. The lowest BCUT2D eigenvalue weighted by atomic mass is 9.73. The van der Waals surface area contributed by atoms with Crippen LogP contribution in [0.3, 0.4) is 0 Å². The van der Waals surface area contributed by atoms with Crippen LogP contribution >= 0.6 is 0 Å². The molecule has 0 saturated carbocycles. The summed E-state index contributed by atoms with van der Waals surface area (Å²) < 4.78 is 0. The number of benzene rings is 1. The fraction of sp³-hybridized carbons (Fsp3) is 0.562. The molecule has 3 nitrogen and oxygen atoms in total. The van der Waals surface area contributed by atoms with E-state index in [1.807, 2.05) is 0 Å². The minimum absolute atomic E-state index is 0.200. The number of carboxylic acids is 1. The first-order valence-corrected chi connectivity index (χ1v) is 7.14. The van der Waals surface area contributed by atoms with E-state index in [2.05, 4.69) is 30.4 Å². The lowest BCUT2D eigenvalue weighted by Gasteiger charge is -2.35. The predicted molar refractivity (Wildman–Crippen MR) is 74.6 cm³/mol. The van der Waals surface area contributed by atoms with Gasteiger partial charge in [-0.25, -0.2) is 0 Å². The van der Waals surface area contributed by atoms with Crippen molar-refractivity contribution in [2.45, 2.75) is 43.9 Å². The fourth-order valence-corrected chi connectivity index (χ4v) is 3.95. The van der Waals surface area contributed by atoms with Crippen molar-refractivity contribution in [1.29, 1.82) is 0 Å². The van der Waals surface area contributed by atoms with Crippen molar-refractivity contribution in [3.8, 4) is 0 Å². The highest BCUT2D eigenvalue weighted by Crippen LogP contribution is 2.52. The van der Waals surface area contributed by atoms with E-state index in [0.717, 1.165) is 32.4 Å². The number of piperidine rings is 1. The number of nitrogens with one attached hydrogen (secondary N) is 1. The Hall–Kier alpha value is -1.35. The maximum Gasteiger partial charge on any atom is 0.303 e. The van der Waals surface area contributed by atoms with E-state index in [4.69, 9.17) is 5.11 Å². The molecule has 3 heteroatoms. The number of hydrogen-bond acceptors (Lipinski definition) is 2. The lowest BCUT2D eigenvalue weighted by Crippen LogP contribution is -2.38. The molecule has 1 aromatic carbocycles. The van der Waals surface area contributed by atoms with Gasteiger partial charge in [-0.2, -0.15) is 0 Å². The molecule has 1 aliphatic carbocycles. The SMILES string of the molecule is Cc1ccc2c(c1)C1(CCNCC1)CC2CC(=O)O. The lowest BCUT2D eigenvalue weighted by molar-refractivity contribution is -0.137. The van der Waals surface area contributed by atoms with Crippen LogP contribution in [0.15, 0.2) is 18.2 Å². The van der Waals surface area contributed by atoms with Crippen LogP contribution in [-0.4, -0.2) is 24.2 Å². The third-order valence-electron chi connectivity index (χ3n) is 4.84. The first-order chi connectivity index (χ1) is 9.11. The topological polar surface area (TPSA) is 49.3 Å². The first-order valence-electron chi connectivity index (χ1n) is 7.14. The van der Waals surface area contributed by atoms with Crippen molar-refractivity contribution in [3.63, 3.8) is 0 Å². The van der Waals surface area contributed by atoms with Crippen LogP contribution < -0.4 is 5.32 Å². The van der Waals surface area contributed by atoms with Gasteiger partial charge in [0.05, 0.1) is 6.42 Å². The van der Waals surface area contributed by atoms with E-state index < -0.39 is 5.97 Å². The molecule has 1 aliphatic heterocycles. The van der Waals surface area contributed by atoms with Gasteiger partial charge in [-0.3, -0.25) is 4.79 Å². The van der Waals surface area contributed by atoms with Crippen molar-refractivity contribution in [2.75, 3.05) is 13.1 Å². The van der Waals surface area contributed by atoms with E-state index >= 15 is 0 Å². The molecule has 1 aromatic rings. The Morgan fingerprint density at radius 1 is 1.42 bits per heavy atom. The van der Waals surface area contributed by atoms with Gasteiger partial charge in [0.1, 0.15) is 0 Å². The molecule has 2 aliphatic rings. The van der Waals surface area contributed by atoms with Crippen LogP contribution in [0.1, 0.15) is 48.3 Å². The summed E-state index contributed by atoms with van der Waals surface area (Å²) in [6, 6.07) is 6.57. The second kappa shape index (κ2) is 4.64. The monoisotopic (exact) mass is 259 g/mol. The summed E-state index contributed by atoms with van der Waals surface area (Å²) in [6.07, 6.45) is 3.56. The van der Waals surface area contributed by atoms with Gasteiger partial charge >= 0.3 is 5.97 Å². The van der Waals surface area contributed by atoms with Crippen LogP contribution in [0.5, 0.6) is 0 Å². The zero-order chi connectivity index (χ0) is 13.5. The van der Waals surface area contributed by atoms with Crippen LogP contribution in [0.4, 0.5) is 0 Å². The van der Waals surface area contributed by atoms with Crippen LogP contribution in [-0.2, 0) is 10.2 Å². The molecule has 19 heavy (non-hydrogen) atoms. The fourth-order valence-electron chi connectivity index (χ4n) is 3.95. The maximum absolute atomic E-state index is 11.1.